The summed E-state index contributed by atoms with van der Waals surface area (Å²) < 4.78 is 13.2. The zero-order chi connectivity index (χ0) is 47.2. The number of carbonyl (C=O) groups is 2. The van der Waals surface area contributed by atoms with Gasteiger partial charge in [0.05, 0.1) is 11.8 Å². The third kappa shape index (κ3) is 8.46. The molecule has 0 amide bonds. The van der Waals surface area contributed by atoms with Crippen molar-refractivity contribution in [2.24, 2.45) is 116 Å². The maximum absolute atomic E-state index is 14.4. The van der Waals surface area contributed by atoms with Gasteiger partial charge in [-0.05, 0) is 201 Å². The third-order valence-corrected chi connectivity index (χ3v) is 24.1. The Hall–Kier alpha value is -1.84. The van der Waals surface area contributed by atoms with Crippen molar-refractivity contribution in [3.8, 4) is 0 Å². The van der Waals surface area contributed by atoms with Crippen LogP contribution < -0.4 is 0 Å². The van der Waals surface area contributed by atoms with Gasteiger partial charge in [-0.1, -0.05) is 143 Å². The number of rotatable bonds is 14. The van der Waals surface area contributed by atoms with Crippen LogP contribution in [0.1, 0.15) is 217 Å². The van der Waals surface area contributed by atoms with E-state index in [4.69, 9.17) is 9.47 Å². The lowest BCUT2D eigenvalue weighted by molar-refractivity contribution is -0.169. The SMILES string of the molecule is CC(C)CCC[C@@H](C)[C@H]1CC[C@H]2[C@@H]3CC=C4C[C@@H](OC(=O)[C@@H]5C6C=CC(C6)[C@H]5C(=O)O[C@H]5CC[C@@]6(C)C(=CC[C@H]7[C@@H]8CC[C@H]([C@H](C)CCCC(C)C)[C@@]8(C)CC[C@@H]76)C5)CC[C@]4(C)[C@H]3CC[C@]12C. The molecule has 10 rings (SSSR count). The van der Waals surface area contributed by atoms with Crippen LogP contribution in [0.15, 0.2) is 35.5 Å². The molecule has 0 radical (unpaired) electrons. The van der Waals surface area contributed by atoms with Gasteiger partial charge in [-0.2, -0.15) is 0 Å². The molecular weight excluding hydrogens is 821 g/mol. The highest BCUT2D eigenvalue weighted by Gasteiger charge is 2.62. The van der Waals surface area contributed by atoms with Crippen molar-refractivity contribution in [3.05, 3.63) is 35.5 Å². The molecule has 20 atom stereocenters. The van der Waals surface area contributed by atoms with E-state index in [1.807, 2.05) is 0 Å². The normalized spacial score (nSPS) is 46.9. The fourth-order valence-corrected chi connectivity index (χ4v) is 20.5. The molecule has 374 valence electrons. The molecule has 0 aliphatic heterocycles. The molecular formula is C63H98O4. The highest BCUT2D eigenvalue weighted by Crippen LogP contribution is 2.69. The number of hydrogen-bond donors (Lipinski definition) is 0. The summed E-state index contributed by atoms with van der Waals surface area (Å²) in [5.41, 5.74) is 4.59. The summed E-state index contributed by atoms with van der Waals surface area (Å²) in [7, 11) is 0. The summed E-state index contributed by atoms with van der Waals surface area (Å²) in [6.45, 7) is 25.3. The molecule has 7 fully saturated rings. The van der Waals surface area contributed by atoms with Crippen LogP contribution in [-0.2, 0) is 19.1 Å². The van der Waals surface area contributed by atoms with Crippen LogP contribution in [0.25, 0.3) is 0 Å². The molecule has 2 unspecified atom stereocenters. The Labute approximate surface area is 410 Å². The van der Waals surface area contributed by atoms with E-state index in [1.54, 1.807) is 11.1 Å². The number of fused-ring (bicyclic) bond motifs is 12. The number of ether oxygens (including phenoxy) is 2. The molecule has 0 spiro atoms. The molecule has 0 aromatic heterocycles. The summed E-state index contributed by atoms with van der Waals surface area (Å²) in [6, 6.07) is 0. The molecule has 4 nitrogen and oxygen atoms in total. The fourth-order valence-electron chi connectivity index (χ4n) is 20.5. The van der Waals surface area contributed by atoms with E-state index in [0.717, 1.165) is 116 Å². The molecule has 0 aromatic rings. The van der Waals surface area contributed by atoms with Crippen molar-refractivity contribution in [2.75, 3.05) is 0 Å². The van der Waals surface area contributed by atoms with E-state index >= 15 is 0 Å². The highest BCUT2D eigenvalue weighted by molar-refractivity contribution is 5.84. The van der Waals surface area contributed by atoms with E-state index in [0.29, 0.717) is 10.8 Å². The molecule has 2 bridgehead atoms. The first kappa shape index (κ1) is 48.8. The lowest BCUT2D eigenvalue weighted by atomic mass is 9.47. The van der Waals surface area contributed by atoms with E-state index in [9.17, 15) is 9.59 Å². The van der Waals surface area contributed by atoms with Crippen LogP contribution in [0.3, 0.4) is 0 Å². The van der Waals surface area contributed by atoms with Crippen molar-refractivity contribution in [2.45, 2.75) is 229 Å². The van der Waals surface area contributed by atoms with Crippen molar-refractivity contribution in [1.29, 1.82) is 0 Å². The minimum Gasteiger partial charge on any atom is -0.462 e. The van der Waals surface area contributed by atoms with Gasteiger partial charge in [-0.3, -0.25) is 9.59 Å². The smallest absolute Gasteiger partial charge is 0.310 e. The van der Waals surface area contributed by atoms with Crippen LogP contribution in [0, 0.1) is 116 Å². The van der Waals surface area contributed by atoms with Gasteiger partial charge in [-0.15, -0.1) is 0 Å². The van der Waals surface area contributed by atoms with Gasteiger partial charge in [0.1, 0.15) is 12.2 Å². The molecule has 0 N–H and O–H groups in total. The van der Waals surface area contributed by atoms with Crippen LogP contribution in [0.5, 0.6) is 0 Å². The largest absolute Gasteiger partial charge is 0.462 e. The molecule has 67 heavy (non-hydrogen) atoms. The molecule has 7 saturated carbocycles. The second-order valence-corrected chi connectivity index (χ2v) is 28.2. The lowest BCUT2D eigenvalue weighted by Crippen LogP contribution is -2.51. The molecule has 0 heterocycles. The number of allylic oxidation sites excluding steroid dienone is 4. The quantitative estimate of drug-likeness (QED) is 0.129. The third-order valence-electron chi connectivity index (χ3n) is 24.1. The maximum Gasteiger partial charge on any atom is 0.310 e. The Morgan fingerprint density at radius 1 is 0.537 bits per heavy atom. The summed E-state index contributed by atoms with van der Waals surface area (Å²) in [6.07, 6.45) is 38.3. The minimum atomic E-state index is -0.409. The standard InChI is InChI=1S/C63H98O4/c1-38(2)13-11-15-40(5)50-23-25-52-48-21-19-44-36-46(27-31-60(44,7)54(48)29-33-62(50,52)9)66-58(64)56-42-17-18-43(35-42)57(56)59(65)67-47-28-32-61(8)45(37-47)20-22-49-53-26-24-51(41(6)16-12-14-39(3)4)63(53,10)34-30-55(49)61/h17-20,38-43,46-57H,11-16,21-37H2,1-10H3/t40-,41-,42?,43?,46+,47+,48+,49+,50-,51-,52+,53+,54+,55+,56-,57-,60+,61+,62-,63-/m1/s1. The van der Waals surface area contributed by atoms with Crippen LogP contribution in [-0.4, -0.2) is 24.1 Å². The molecule has 0 saturated heterocycles. The lowest BCUT2D eigenvalue weighted by Gasteiger charge is -2.58. The van der Waals surface area contributed by atoms with Gasteiger partial charge in [0.25, 0.3) is 0 Å². The van der Waals surface area contributed by atoms with Gasteiger partial charge >= 0.3 is 11.9 Å². The number of esters is 2. The Kier molecular flexibility index (Phi) is 13.6. The number of hydrogen-bond acceptors (Lipinski definition) is 4. The monoisotopic (exact) mass is 919 g/mol. The van der Waals surface area contributed by atoms with E-state index < -0.39 is 11.8 Å². The highest BCUT2D eigenvalue weighted by atomic mass is 16.6. The van der Waals surface area contributed by atoms with Gasteiger partial charge in [0, 0.05) is 12.8 Å². The molecule has 0 aromatic carbocycles. The molecule has 10 aliphatic carbocycles. The van der Waals surface area contributed by atoms with Crippen molar-refractivity contribution in [1.82, 2.24) is 0 Å². The first-order valence-electron chi connectivity index (χ1n) is 29.4. The van der Waals surface area contributed by atoms with Crippen LogP contribution in [0.4, 0.5) is 0 Å². The average Bonchev–Trinajstić information content (AvgIpc) is 4.07. The van der Waals surface area contributed by atoms with Gasteiger partial charge < -0.3 is 9.47 Å². The van der Waals surface area contributed by atoms with Crippen molar-refractivity contribution in [3.63, 3.8) is 0 Å². The Morgan fingerprint density at radius 2 is 0.955 bits per heavy atom. The van der Waals surface area contributed by atoms with Gasteiger partial charge in [-0.25, -0.2) is 0 Å². The first-order chi connectivity index (χ1) is 31.9. The Bertz CT molecular complexity index is 1790. The summed E-state index contributed by atoms with van der Waals surface area (Å²) in [4.78, 5) is 28.8. The number of carbonyl (C=O) groups excluding carboxylic acids is 2. The summed E-state index contributed by atoms with van der Waals surface area (Å²) in [5.74, 6) is 9.00. The first-order valence-corrected chi connectivity index (χ1v) is 29.4. The summed E-state index contributed by atoms with van der Waals surface area (Å²) >= 11 is 0. The predicted molar refractivity (Wildman–Crippen MR) is 274 cm³/mol. The fraction of sp³-hybridized carbons (Fsp3) is 0.873. The zero-order valence-corrected chi connectivity index (χ0v) is 44.6. The van der Waals surface area contributed by atoms with Crippen LogP contribution >= 0.6 is 0 Å². The zero-order valence-electron chi connectivity index (χ0n) is 44.6. The second-order valence-electron chi connectivity index (χ2n) is 28.2. The summed E-state index contributed by atoms with van der Waals surface area (Å²) in [5, 5.41) is 0. The van der Waals surface area contributed by atoms with Crippen molar-refractivity contribution < 1.29 is 19.1 Å². The molecule has 10 aliphatic rings. The van der Waals surface area contributed by atoms with Crippen LogP contribution in [0.2, 0.25) is 0 Å². The molecule has 4 heteroatoms. The topological polar surface area (TPSA) is 52.6 Å². The minimum absolute atomic E-state index is 0.0801. The maximum atomic E-state index is 14.4. The van der Waals surface area contributed by atoms with E-state index in [2.05, 4.69) is 93.5 Å². The Balaban J connectivity index is 0.745. The predicted octanol–water partition coefficient (Wildman–Crippen LogP) is 16.3. The second kappa shape index (κ2) is 18.6. The van der Waals surface area contributed by atoms with Gasteiger partial charge in [0.15, 0.2) is 0 Å². The van der Waals surface area contributed by atoms with E-state index in [1.165, 1.54) is 103 Å². The Morgan fingerprint density at radius 3 is 1.36 bits per heavy atom. The van der Waals surface area contributed by atoms with Gasteiger partial charge in [0.2, 0.25) is 0 Å². The van der Waals surface area contributed by atoms with E-state index in [-0.39, 0.29) is 46.8 Å². The van der Waals surface area contributed by atoms with Crippen molar-refractivity contribution >= 4 is 11.9 Å². The average molecular weight is 919 g/mol.